The summed E-state index contributed by atoms with van der Waals surface area (Å²) in [7, 11) is 0. The van der Waals surface area contributed by atoms with E-state index in [1.54, 1.807) is 12.1 Å². The molecule has 2 aliphatic heterocycles. The van der Waals surface area contributed by atoms with E-state index < -0.39 is 23.6 Å². The molecule has 0 aromatic heterocycles. The molecule has 12 heteroatoms. The highest BCUT2D eigenvalue weighted by Gasteiger charge is 2.37. The molecule has 0 spiro atoms. The smallest absolute Gasteiger partial charge is 0.262 e. The number of azide groups is 2. The third-order valence-electron chi connectivity index (χ3n) is 5.77. The molecule has 2 aliphatic rings. The van der Waals surface area contributed by atoms with E-state index in [4.69, 9.17) is 11.1 Å². The number of carbonyl (C=O) groups excluding carboxylic acids is 4. The number of carbonyl (C=O) groups is 4. The molecule has 0 N–H and O–H groups in total. The molecule has 170 valence electrons. The van der Waals surface area contributed by atoms with Gasteiger partial charge in [-0.15, -0.1) is 0 Å². The predicted molar refractivity (Wildman–Crippen MR) is 120 cm³/mol. The minimum Gasteiger partial charge on any atom is -0.274 e. The second-order valence-electron chi connectivity index (χ2n) is 7.72. The molecule has 4 amide bonds. The van der Waals surface area contributed by atoms with Crippen molar-refractivity contribution in [1.29, 1.82) is 0 Å². The van der Waals surface area contributed by atoms with Crippen LogP contribution in [0.25, 0.3) is 20.9 Å². The average Bonchev–Trinajstić information content (AvgIpc) is 3.22. The van der Waals surface area contributed by atoms with Gasteiger partial charge in [0.15, 0.2) is 0 Å². The monoisotopic (exact) mass is 458 g/mol. The first kappa shape index (κ1) is 22.5. The molecule has 0 saturated heterocycles. The Labute approximate surface area is 193 Å². The Hall–Kier alpha value is -4.66. The molecule has 0 fully saturated rings. The number of hydrogen-bond donors (Lipinski definition) is 0. The summed E-state index contributed by atoms with van der Waals surface area (Å²) < 4.78 is 0. The van der Waals surface area contributed by atoms with Crippen molar-refractivity contribution in [1.82, 2.24) is 9.80 Å². The van der Waals surface area contributed by atoms with Gasteiger partial charge in [-0.2, -0.15) is 0 Å². The second-order valence-corrected chi connectivity index (χ2v) is 7.72. The number of rotatable bonds is 9. The number of nitrogens with zero attached hydrogens (tertiary/aromatic N) is 8. The fourth-order valence-electron chi connectivity index (χ4n) is 4.19. The number of imide groups is 2. The van der Waals surface area contributed by atoms with Crippen LogP contribution in [-0.4, -0.2) is 46.5 Å². The third-order valence-corrected chi connectivity index (χ3v) is 5.77. The zero-order chi connectivity index (χ0) is 24.2. The minimum absolute atomic E-state index is 0.121. The van der Waals surface area contributed by atoms with Crippen LogP contribution in [0.4, 0.5) is 11.4 Å². The van der Waals surface area contributed by atoms with Gasteiger partial charge in [-0.3, -0.25) is 29.0 Å². The molecule has 0 radical (unpaired) electrons. The Balaban J connectivity index is 1.28. The van der Waals surface area contributed by atoms with Crippen molar-refractivity contribution >= 4 is 35.0 Å². The van der Waals surface area contributed by atoms with Crippen LogP contribution in [0.15, 0.2) is 46.6 Å². The summed E-state index contributed by atoms with van der Waals surface area (Å²) >= 11 is 0. The van der Waals surface area contributed by atoms with Crippen molar-refractivity contribution in [2.75, 3.05) is 13.1 Å². The van der Waals surface area contributed by atoms with Crippen LogP contribution in [0.2, 0.25) is 0 Å². The fourth-order valence-corrected chi connectivity index (χ4v) is 4.19. The van der Waals surface area contributed by atoms with Crippen LogP contribution in [0.5, 0.6) is 0 Å². The van der Waals surface area contributed by atoms with Crippen LogP contribution in [-0.2, 0) is 0 Å². The Kier molecular flexibility index (Phi) is 6.26. The van der Waals surface area contributed by atoms with E-state index in [1.807, 2.05) is 0 Å². The van der Waals surface area contributed by atoms with E-state index in [0.29, 0.717) is 25.7 Å². The van der Waals surface area contributed by atoms with E-state index in [-0.39, 0.29) is 46.7 Å². The van der Waals surface area contributed by atoms with Crippen molar-refractivity contribution in [3.63, 3.8) is 0 Å². The summed E-state index contributed by atoms with van der Waals surface area (Å²) in [4.78, 5) is 58.2. The number of unbranched alkanes of at least 4 members (excludes halogenated alkanes) is 3. The topological polar surface area (TPSA) is 172 Å². The molecule has 2 aromatic rings. The van der Waals surface area contributed by atoms with Crippen LogP contribution in [0.3, 0.4) is 0 Å². The molecule has 34 heavy (non-hydrogen) atoms. The standard InChI is InChI=1S/C22H18N8O4/c23-27-25-15-9-5-7-13-17(15)21(33)29(19(13)31)11-3-1-2-4-12-30-20(32)14-8-6-10-16(26-28-24)18(14)22(30)34/h5-10H,1-4,11-12H2. The summed E-state index contributed by atoms with van der Waals surface area (Å²) in [6, 6.07) is 9.16. The van der Waals surface area contributed by atoms with E-state index in [2.05, 4.69) is 20.1 Å². The summed E-state index contributed by atoms with van der Waals surface area (Å²) in [5.41, 5.74) is 18.3. The van der Waals surface area contributed by atoms with Gasteiger partial charge in [-0.05, 0) is 36.0 Å². The number of hydrogen-bond acceptors (Lipinski definition) is 6. The number of amides is 4. The SMILES string of the molecule is [N-]=[N+]=Nc1cccc2c1C(=O)N(CCCCCCN1C(=O)c3cccc(N=[N+]=[N-])c3C1=O)C2=O. The Bertz CT molecular complexity index is 1220. The van der Waals surface area contributed by atoms with Crippen LogP contribution in [0, 0.1) is 0 Å². The quantitative estimate of drug-likeness (QED) is 0.169. The molecule has 12 nitrogen and oxygen atoms in total. The van der Waals surface area contributed by atoms with Gasteiger partial charge in [0.25, 0.3) is 23.6 Å². The Morgan fingerprint density at radius 1 is 0.618 bits per heavy atom. The molecule has 2 heterocycles. The van der Waals surface area contributed by atoms with Crippen molar-refractivity contribution in [3.05, 3.63) is 79.5 Å². The van der Waals surface area contributed by atoms with Crippen LogP contribution >= 0.6 is 0 Å². The molecule has 0 unspecified atom stereocenters. The summed E-state index contributed by atoms with van der Waals surface area (Å²) in [5.74, 6) is -1.80. The first-order valence-corrected chi connectivity index (χ1v) is 10.6. The second kappa shape index (κ2) is 9.45. The van der Waals surface area contributed by atoms with Crippen molar-refractivity contribution < 1.29 is 19.2 Å². The lowest BCUT2D eigenvalue weighted by atomic mass is 10.1. The van der Waals surface area contributed by atoms with Crippen molar-refractivity contribution in [2.24, 2.45) is 10.2 Å². The molecule has 0 aliphatic carbocycles. The summed E-state index contributed by atoms with van der Waals surface area (Å²) in [5, 5.41) is 6.99. The number of fused-ring (bicyclic) bond motifs is 2. The molecule has 0 atom stereocenters. The fraction of sp³-hybridized carbons (Fsp3) is 0.273. The molecule has 0 bridgehead atoms. The van der Waals surface area contributed by atoms with E-state index in [1.165, 1.54) is 24.3 Å². The third kappa shape index (κ3) is 3.83. The molecule has 4 rings (SSSR count). The van der Waals surface area contributed by atoms with Gasteiger partial charge < -0.3 is 0 Å². The average molecular weight is 458 g/mol. The summed E-state index contributed by atoms with van der Waals surface area (Å²) in [6.07, 6.45) is 2.43. The Morgan fingerprint density at radius 3 is 1.41 bits per heavy atom. The predicted octanol–water partition coefficient (Wildman–Crippen LogP) is 5.02. The zero-order valence-corrected chi connectivity index (χ0v) is 17.9. The molecular weight excluding hydrogens is 440 g/mol. The maximum atomic E-state index is 12.7. The van der Waals surface area contributed by atoms with E-state index in [9.17, 15) is 19.2 Å². The van der Waals surface area contributed by atoms with Gasteiger partial charge >= 0.3 is 0 Å². The first-order valence-electron chi connectivity index (χ1n) is 10.6. The Morgan fingerprint density at radius 2 is 1.03 bits per heavy atom. The van der Waals surface area contributed by atoms with Gasteiger partial charge in [0.1, 0.15) is 0 Å². The van der Waals surface area contributed by atoms with E-state index in [0.717, 1.165) is 9.80 Å². The van der Waals surface area contributed by atoms with Crippen molar-refractivity contribution in [2.45, 2.75) is 25.7 Å². The number of benzene rings is 2. The van der Waals surface area contributed by atoms with Crippen LogP contribution < -0.4 is 0 Å². The summed E-state index contributed by atoms with van der Waals surface area (Å²) in [6.45, 7) is 0.426. The highest BCUT2D eigenvalue weighted by molar-refractivity contribution is 6.24. The largest absolute Gasteiger partial charge is 0.274 e. The lowest BCUT2D eigenvalue weighted by molar-refractivity contribution is 0.0630. The zero-order valence-electron chi connectivity index (χ0n) is 17.9. The molecule has 0 saturated carbocycles. The minimum atomic E-state index is -0.482. The lowest BCUT2D eigenvalue weighted by Gasteiger charge is -2.15. The maximum Gasteiger partial charge on any atom is 0.262 e. The van der Waals surface area contributed by atoms with Gasteiger partial charge in [0.05, 0.1) is 33.6 Å². The van der Waals surface area contributed by atoms with Gasteiger partial charge in [-0.25, -0.2) is 0 Å². The molecular formula is C22H18N8O4. The van der Waals surface area contributed by atoms with Crippen LogP contribution in [0.1, 0.15) is 67.1 Å². The van der Waals surface area contributed by atoms with Gasteiger partial charge in [0, 0.05) is 22.9 Å². The highest BCUT2D eigenvalue weighted by atomic mass is 16.2. The highest BCUT2D eigenvalue weighted by Crippen LogP contribution is 2.33. The van der Waals surface area contributed by atoms with Crippen molar-refractivity contribution in [3.8, 4) is 0 Å². The van der Waals surface area contributed by atoms with E-state index >= 15 is 0 Å². The first-order chi connectivity index (χ1) is 16.5. The normalized spacial score (nSPS) is 14.1. The van der Waals surface area contributed by atoms with Gasteiger partial charge in [0.2, 0.25) is 0 Å². The lowest BCUT2D eigenvalue weighted by Crippen LogP contribution is -2.31. The maximum absolute atomic E-state index is 12.7. The molecule has 2 aromatic carbocycles. The van der Waals surface area contributed by atoms with Gasteiger partial charge in [-0.1, -0.05) is 47.3 Å².